The lowest BCUT2D eigenvalue weighted by Gasteiger charge is -2.27. The predicted molar refractivity (Wildman–Crippen MR) is 88.8 cm³/mol. The molecule has 1 aliphatic heterocycles. The summed E-state index contributed by atoms with van der Waals surface area (Å²) in [5.74, 6) is 0.339. The fourth-order valence-corrected chi connectivity index (χ4v) is 2.60. The molecule has 128 valence electrons. The van der Waals surface area contributed by atoms with Crippen LogP contribution in [0.2, 0.25) is 0 Å². The summed E-state index contributed by atoms with van der Waals surface area (Å²) in [5.41, 5.74) is 1.38. The minimum Gasteiger partial charge on any atom is -0.490 e. The van der Waals surface area contributed by atoms with Crippen LogP contribution < -0.4 is 15.4 Å². The van der Waals surface area contributed by atoms with Crippen LogP contribution in [-0.4, -0.2) is 47.5 Å². The summed E-state index contributed by atoms with van der Waals surface area (Å²) < 4.78 is 5.72. The first-order valence-electron chi connectivity index (χ1n) is 7.94. The Bertz CT molecular complexity index is 560. The van der Waals surface area contributed by atoms with Gasteiger partial charge in [-0.1, -0.05) is 6.07 Å². The standard InChI is InChI=1S/C17H26N2O4/c1-11-15-13(19-16(11)22)5-4-6-14(15)23-10-12(21)9-18-17(2,3)7-8-20/h4-6,11-12,18,20-21H,7-10H2,1-3H3,(H,19,22). The van der Waals surface area contributed by atoms with Gasteiger partial charge in [0.15, 0.2) is 0 Å². The molecule has 0 saturated carbocycles. The van der Waals surface area contributed by atoms with Gasteiger partial charge in [0.1, 0.15) is 18.5 Å². The van der Waals surface area contributed by atoms with Crippen LogP contribution in [-0.2, 0) is 4.79 Å². The number of rotatable bonds is 8. The molecule has 1 heterocycles. The van der Waals surface area contributed by atoms with Crippen LogP contribution in [0.3, 0.4) is 0 Å². The second kappa shape index (κ2) is 7.29. The number of nitrogens with one attached hydrogen (secondary N) is 2. The summed E-state index contributed by atoms with van der Waals surface area (Å²) in [5, 5.41) is 25.1. The molecule has 0 radical (unpaired) electrons. The summed E-state index contributed by atoms with van der Waals surface area (Å²) in [6.07, 6.45) is -0.0675. The topological polar surface area (TPSA) is 90.8 Å². The van der Waals surface area contributed by atoms with Crippen molar-refractivity contribution in [3.63, 3.8) is 0 Å². The van der Waals surface area contributed by atoms with E-state index in [0.29, 0.717) is 18.7 Å². The molecule has 1 aromatic rings. The minimum absolute atomic E-state index is 0.0379. The molecule has 6 heteroatoms. The second-order valence-corrected chi connectivity index (χ2v) is 6.63. The number of ether oxygens (including phenoxy) is 1. The Kier molecular flexibility index (Phi) is 5.62. The highest BCUT2D eigenvalue weighted by molar-refractivity contribution is 6.03. The van der Waals surface area contributed by atoms with Gasteiger partial charge in [-0.25, -0.2) is 0 Å². The van der Waals surface area contributed by atoms with Crippen molar-refractivity contribution in [2.75, 3.05) is 25.1 Å². The third-order valence-electron chi connectivity index (χ3n) is 4.13. The van der Waals surface area contributed by atoms with Gasteiger partial charge in [0.05, 0.1) is 5.92 Å². The second-order valence-electron chi connectivity index (χ2n) is 6.63. The summed E-state index contributed by atoms with van der Waals surface area (Å²) in [7, 11) is 0. The van der Waals surface area contributed by atoms with E-state index < -0.39 is 6.10 Å². The SMILES string of the molecule is CC1C(=O)Nc2cccc(OCC(O)CNC(C)(C)CCO)c21. The van der Waals surface area contributed by atoms with Crippen molar-refractivity contribution >= 4 is 11.6 Å². The van der Waals surface area contributed by atoms with Crippen molar-refractivity contribution in [2.24, 2.45) is 0 Å². The van der Waals surface area contributed by atoms with E-state index in [-0.39, 0.29) is 30.6 Å². The molecule has 2 unspecified atom stereocenters. The molecule has 6 nitrogen and oxygen atoms in total. The van der Waals surface area contributed by atoms with Gasteiger partial charge in [-0.15, -0.1) is 0 Å². The molecular formula is C17H26N2O4. The quantitative estimate of drug-likeness (QED) is 0.578. The summed E-state index contributed by atoms with van der Waals surface area (Å²) in [6, 6.07) is 5.48. The lowest BCUT2D eigenvalue weighted by molar-refractivity contribution is -0.116. The van der Waals surface area contributed by atoms with E-state index in [0.717, 1.165) is 11.3 Å². The molecule has 23 heavy (non-hydrogen) atoms. The molecule has 2 rings (SSSR count). The van der Waals surface area contributed by atoms with Crippen molar-refractivity contribution < 1.29 is 19.7 Å². The summed E-state index contributed by atoms with van der Waals surface area (Å²) in [6.45, 7) is 6.39. The van der Waals surface area contributed by atoms with E-state index >= 15 is 0 Å². The molecule has 0 spiro atoms. The average molecular weight is 322 g/mol. The number of benzene rings is 1. The van der Waals surface area contributed by atoms with E-state index in [1.54, 1.807) is 0 Å². The third kappa shape index (κ3) is 4.43. The monoisotopic (exact) mass is 322 g/mol. The molecular weight excluding hydrogens is 296 g/mol. The van der Waals surface area contributed by atoms with E-state index in [4.69, 9.17) is 9.84 Å². The molecule has 0 aliphatic carbocycles. The van der Waals surface area contributed by atoms with Crippen LogP contribution in [0.1, 0.15) is 38.7 Å². The maximum absolute atomic E-state index is 11.7. The average Bonchev–Trinajstić information content (AvgIpc) is 2.79. The van der Waals surface area contributed by atoms with Crippen molar-refractivity contribution in [1.29, 1.82) is 0 Å². The van der Waals surface area contributed by atoms with Crippen LogP contribution in [0.25, 0.3) is 0 Å². The maximum atomic E-state index is 11.7. The number of aliphatic hydroxyl groups is 2. The first-order valence-corrected chi connectivity index (χ1v) is 7.94. The Morgan fingerprint density at radius 3 is 2.87 bits per heavy atom. The van der Waals surface area contributed by atoms with Gasteiger partial charge in [-0.05, 0) is 39.3 Å². The first-order chi connectivity index (χ1) is 10.8. The van der Waals surface area contributed by atoms with Crippen LogP contribution in [0.5, 0.6) is 5.75 Å². The number of β-amino-alcohol motifs (C(OH)–C–C–N with tert-alkyl or cyclic N) is 1. The van der Waals surface area contributed by atoms with Gasteiger partial charge in [-0.3, -0.25) is 4.79 Å². The number of carbonyl (C=O) groups excluding carboxylic acids is 1. The zero-order valence-electron chi connectivity index (χ0n) is 13.9. The van der Waals surface area contributed by atoms with Gasteiger partial charge >= 0.3 is 0 Å². The van der Waals surface area contributed by atoms with Crippen molar-refractivity contribution in [1.82, 2.24) is 5.32 Å². The van der Waals surface area contributed by atoms with E-state index in [1.807, 2.05) is 39.0 Å². The summed E-state index contributed by atoms with van der Waals surface area (Å²) in [4.78, 5) is 11.7. The molecule has 0 aromatic heterocycles. The molecule has 1 aliphatic rings. The Hall–Kier alpha value is -1.63. The van der Waals surface area contributed by atoms with Gasteiger partial charge in [0, 0.05) is 29.9 Å². The van der Waals surface area contributed by atoms with Gasteiger partial charge in [-0.2, -0.15) is 0 Å². The highest BCUT2D eigenvalue weighted by Crippen LogP contribution is 2.38. The van der Waals surface area contributed by atoms with Gasteiger partial charge in [0.25, 0.3) is 0 Å². The molecule has 4 N–H and O–H groups in total. The first kappa shape index (κ1) is 17.7. The predicted octanol–water partition coefficient (Wildman–Crippen LogP) is 1.23. The highest BCUT2D eigenvalue weighted by Gasteiger charge is 2.30. The highest BCUT2D eigenvalue weighted by atomic mass is 16.5. The van der Waals surface area contributed by atoms with Crippen LogP contribution in [0.4, 0.5) is 5.69 Å². The number of hydrogen-bond donors (Lipinski definition) is 4. The number of fused-ring (bicyclic) bond motifs is 1. The van der Waals surface area contributed by atoms with Crippen molar-refractivity contribution in [3.05, 3.63) is 23.8 Å². The smallest absolute Gasteiger partial charge is 0.231 e. The van der Waals surface area contributed by atoms with E-state index in [9.17, 15) is 9.90 Å². The molecule has 1 aromatic carbocycles. The van der Waals surface area contributed by atoms with E-state index in [1.165, 1.54) is 0 Å². The molecule has 0 bridgehead atoms. The number of aliphatic hydroxyl groups excluding tert-OH is 2. The lowest BCUT2D eigenvalue weighted by atomic mass is 10.0. The van der Waals surface area contributed by atoms with Gasteiger partial charge < -0.3 is 25.6 Å². The number of hydrogen-bond acceptors (Lipinski definition) is 5. The van der Waals surface area contributed by atoms with Crippen LogP contribution >= 0.6 is 0 Å². The van der Waals surface area contributed by atoms with Gasteiger partial charge in [0.2, 0.25) is 5.91 Å². The Morgan fingerprint density at radius 1 is 1.43 bits per heavy atom. The fraction of sp³-hybridized carbons (Fsp3) is 0.588. The molecule has 0 saturated heterocycles. The molecule has 2 atom stereocenters. The zero-order chi connectivity index (χ0) is 17.0. The van der Waals surface area contributed by atoms with Crippen molar-refractivity contribution in [2.45, 2.75) is 44.8 Å². The molecule has 1 amide bonds. The van der Waals surface area contributed by atoms with Crippen LogP contribution in [0.15, 0.2) is 18.2 Å². The number of carbonyl (C=O) groups is 1. The Morgan fingerprint density at radius 2 is 2.17 bits per heavy atom. The fourth-order valence-electron chi connectivity index (χ4n) is 2.60. The lowest BCUT2D eigenvalue weighted by Crippen LogP contribution is -2.45. The largest absolute Gasteiger partial charge is 0.490 e. The minimum atomic E-state index is -0.677. The van der Waals surface area contributed by atoms with E-state index in [2.05, 4.69) is 10.6 Å². The maximum Gasteiger partial charge on any atom is 0.231 e. The summed E-state index contributed by atoms with van der Waals surface area (Å²) >= 11 is 0. The number of anilines is 1. The normalized spacial score (nSPS) is 18.5. The van der Waals surface area contributed by atoms with Crippen molar-refractivity contribution in [3.8, 4) is 5.75 Å². The zero-order valence-corrected chi connectivity index (χ0v) is 13.9. The Balaban J connectivity index is 1.90. The number of amides is 1. The van der Waals surface area contributed by atoms with Crippen LogP contribution in [0, 0.1) is 0 Å². The third-order valence-corrected chi connectivity index (χ3v) is 4.13. The Labute approximate surface area is 136 Å². The molecule has 0 fully saturated rings.